The second kappa shape index (κ2) is 4.37. The van der Waals surface area contributed by atoms with Gasteiger partial charge in [-0.2, -0.15) is 10.4 Å². The molecule has 0 aromatic carbocycles. The smallest absolute Gasteiger partial charge is 0.245 e. The van der Waals surface area contributed by atoms with Crippen LogP contribution in [-0.4, -0.2) is 38.7 Å². The molecular formula is C8H11N5O. The van der Waals surface area contributed by atoms with Crippen molar-refractivity contribution in [2.45, 2.75) is 19.5 Å². The highest BCUT2D eigenvalue weighted by Crippen LogP contribution is 1.96. The number of nitriles is 1. The van der Waals surface area contributed by atoms with Crippen LogP contribution in [0.4, 0.5) is 0 Å². The number of carbonyl (C=O) groups is 1. The maximum Gasteiger partial charge on any atom is 0.245 e. The van der Waals surface area contributed by atoms with E-state index in [0.29, 0.717) is 0 Å². The summed E-state index contributed by atoms with van der Waals surface area (Å²) in [5.41, 5.74) is 0. The number of rotatable bonds is 3. The number of aromatic nitrogens is 3. The summed E-state index contributed by atoms with van der Waals surface area (Å²) in [6.45, 7) is 1.78. The van der Waals surface area contributed by atoms with Crippen molar-refractivity contribution in [3.8, 4) is 6.07 Å². The van der Waals surface area contributed by atoms with Crippen LogP contribution in [0, 0.1) is 11.3 Å². The van der Waals surface area contributed by atoms with Gasteiger partial charge in [-0.3, -0.25) is 4.79 Å². The van der Waals surface area contributed by atoms with Gasteiger partial charge >= 0.3 is 0 Å². The summed E-state index contributed by atoms with van der Waals surface area (Å²) < 4.78 is 1.42. The van der Waals surface area contributed by atoms with Gasteiger partial charge in [0.15, 0.2) is 0 Å². The van der Waals surface area contributed by atoms with E-state index in [0.717, 1.165) is 0 Å². The lowest BCUT2D eigenvalue weighted by Gasteiger charge is -2.18. The first kappa shape index (κ1) is 10.2. The number of likely N-dealkylation sites (N-methyl/N-ethyl adjacent to an activating group) is 1. The van der Waals surface area contributed by atoms with E-state index in [1.54, 1.807) is 14.0 Å². The van der Waals surface area contributed by atoms with Crippen molar-refractivity contribution in [3.63, 3.8) is 0 Å². The molecule has 6 nitrogen and oxygen atoms in total. The Labute approximate surface area is 81.8 Å². The predicted octanol–water partition coefficient (Wildman–Crippen LogP) is -0.351. The van der Waals surface area contributed by atoms with Gasteiger partial charge in [-0.05, 0) is 6.92 Å². The van der Waals surface area contributed by atoms with Crippen LogP contribution in [0.5, 0.6) is 0 Å². The minimum absolute atomic E-state index is 0.114. The molecule has 0 saturated carbocycles. The van der Waals surface area contributed by atoms with Gasteiger partial charge in [-0.15, -0.1) is 0 Å². The molecule has 0 aliphatic rings. The zero-order valence-electron chi connectivity index (χ0n) is 8.08. The van der Waals surface area contributed by atoms with Gasteiger partial charge in [-0.1, -0.05) is 0 Å². The SMILES string of the molecule is CC(C#N)N(C)C(=O)Cn1cncn1. The lowest BCUT2D eigenvalue weighted by Crippen LogP contribution is -2.36. The molecule has 0 saturated heterocycles. The van der Waals surface area contributed by atoms with Crippen molar-refractivity contribution in [2.75, 3.05) is 7.05 Å². The molecule has 0 bridgehead atoms. The molecule has 1 heterocycles. The van der Waals surface area contributed by atoms with Gasteiger partial charge in [0.25, 0.3) is 0 Å². The Morgan fingerprint density at radius 1 is 1.79 bits per heavy atom. The molecule has 1 aromatic heterocycles. The van der Waals surface area contributed by atoms with E-state index in [1.165, 1.54) is 22.2 Å². The first-order valence-electron chi connectivity index (χ1n) is 4.13. The number of amides is 1. The van der Waals surface area contributed by atoms with Crippen LogP contribution in [0.1, 0.15) is 6.92 Å². The van der Waals surface area contributed by atoms with E-state index in [4.69, 9.17) is 5.26 Å². The maximum atomic E-state index is 11.5. The second-order valence-electron chi connectivity index (χ2n) is 2.90. The summed E-state index contributed by atoms with van der Waals surface area (Å²) >= 11 is 0. The fourth-order valence-corrected chi connectivity index (χ4v) is 0.867. The van der Waals surface area contributed by atoms with Crippen LogP contribution in [0.2, 0.25) is 0 Å². The van der Waals surface area contributed by atoms with Crippen LogP contribution < -0.4 is 0 Å². The largest absolute Gasteiger partial charge is 0.328 e. The monoisotopic (exact) mass is 193 g/mol. The summed E-state index contributed by atoms with van der Waals surface area (Å²) in [6, 6.07) is 1.56. The minimum Gasteiger partial charge on any atom is -0.328 e. The normalized spacial score (nSPS) is 11.8. The van der Waals surface area contributed by atoms with Crippen molar-refractivity contribution in [2.24, 2.45) is 0 Å². The van der Waals surface area contributed by atoms with Crippen molar-refractivity contribution < 1.29 is 4.79 Å². The van der Waals surface area contributed by atoms with Gasteiger partial charge in [0, 0.05) is 7.05 Å². The minimum atomic E-state index is -0.425. The van der Waals surface area contributed by atoms with E-state index >= 15 is 0 Å². The van der Waals surface area contributed by atoms with E-state index in [2.05, 4.69) is 10.1 Å². The number of hydrogen-bond acceptors (Lipinski definition) is 4. The topological polar surface area (TPSA) is 74.8 Å². The summed E-state index contributed by atoms with van der Waals surface area (Å²) in [4.78, 5) is 16.6. The number of hydrogen-bond donors (Lipinski definition) is 0. The molecule has 0 aliphatic heterocycles. The zero-order valence-corrected chi connectivity index (χ0v) is 8.08. The van der Waals surface area contributed by atoms with E-state index < -0.39 is 6.04 Å². The highest BCUT2D eigenvalue weighted by atomic mass is 16.2. The molecule has 6 heteroatoms. The van der Waals surface area contributed by atoms with Gasteiger partial charge < -0.3 is 4.90 Å². The van der Waals surface area contributed by atoms with Gasteiger partial charge in [-0.25, -0.2) is 9.67 Å². The van der Waals surface area contributed by atoms with Crippen LogP contribution in [0.3, 0.4) is 0 Å². The Morgan fingerprint density at radius 2 is 2.50 bits per heavy atom. The summed E-state index contributed by atoms with van der Waals surface area (Å²) in [6.07, 6.45) is 2.82. The molecule has 1 rings (SSSR count). The predicted molar refractivity (Wildman–Crippen MR) is 47.9 cm³/mol. The Morgan fingerprint density at radius 3 is 3.00 bits per heavy atom. The number of nitrogens with zero attached hydrogens (tertiary/aromatic N) is 5. The van der Waals surface area contributed by atoms with Crippen LogP contribution in [0.25, 0.3) is 0 Å². The summed E-state index contributed by atoms with van der Waals surface area (Å²) in [5, 5.41) is 12.4. The molecule has 1 aromatic rings. The van der Waals surface area contributed by atoms with Crippen molar-refractivity contribution in [1.82, 2.24) is 19.7 Å². The second-order valence-corrected chi connectivity index (χ2v) is 2.90. The first-order chi connectivity index (χ1) is 6.65. The highest BCUT2D eigenvalue weighted by molar-refractivity contribution is 5.76. The lowest BCUT2D eigenvalue weighted by molar-refractivity contribution is -0.131. The molecule has 0 spiro atoms. The first-order valence-corrected chi connectivity index (χ1v) is 4.13. The molecule has 1 unspecified atom stereocenters. The third kappa shape index (κ3) is 2.29. The van der Waals surface area contributed by atoms with Gasteiger partial charge in [0.1, 0.15) is 25.2 Å². The molecule has 1 atom stereocenters. The Bertz CT molecular complexity index is 339. The van der Waals surface area contributed by atoms with E-state index in [9.17, 15) is 4.79 Å². The van der Waals surface area contributed by atoms with Gasteiger partial charge in [0.05, 0.1) is 6.07 Å². The fourth-order valence-electron chi connectivity index (χ4n) is 0.867. The standard InChI is InChI=1S/C8H11N5O/c1-7(3-9)12(2)8(14)4-13-6-10-5-11-13/h5-7H,4H2,1-2H3. The Balaban J connectivity index is 2.55. The van der Waals surface area contributed by atoms with Gasteiger partial charge in [0.2, 0.25) is 5.91 Å². The lowest BCUT2D eigenvalue weighted by atomic mass is 10.3. The fraction of sp³-hybridized carbons (Fsp3) is 0.500. The van der Waals surface area contributed by atoms with Crippen molar-refractivity contribution in [3.05, 3.63) is 12.7 Å². The summed E-state index contributed by atoms with van der Waals surface area (Å²) in [7, 11) is 1.59. The Kier molecular flexibility index (Phi) is 3.18. The zero-order chi connectivity index (χ0) is 10.6. The summed E-state index contributed by atoms with van der Waals surface area (Å²) in [5.74, 6) is -0.162. The van der Waals surface area contributed by atoms with Crippen LogP contribution in [-0.2, 0) is 11.3 Å². The third-order valence-electron chi connectivity index (χ3n) is 1.93. The van der Waals surface area contributed by atoms with Crippen molar-refractivity contribution in [1.29, 1.82) is 5.26 Å². The molecule has 1 amide bonds. The molecule has 0 fully saturated rings. The highest BCUT2D eigenvalue weighted by Gasteiger charge is 2.15. The average molecular weight is 193 g/mol. The van der Waals surface area contributed by atoms with Crippen LogP contribution >= 0.6 is 0 Å². The third-order valence-corrected chi connectivity index (χ3v) is 1.93. The Hall–Kier alpha value is -1.90. The maximum absolute atomic E-state index is 11.5. The number of carbonyl (C=O) groups excluding carboxylic acids is 1. The molecule has 0 N–H and O–H groups in total. The van der Waals surface area contributed by atoms with E-state index in [-0.39, 0.29) is 12.5 Å². The quantitative estimate of drug-likeness (QED) is 0.657. The van der Waals surface area contributed by atoms with Crippen LogP contribution in [0.15, 0.2) is 12.7 Å². The molecule has 74 valence electrons. The van der Waals surface area contributed by atoms with Crippen molar-refractivity contribution >= 4 is 5.91 Å². The molecular weight excluding hydrogens is 182 g/mol. The molecule has 0 aliphatic carbocycles. The average Bonchev–Trinajstić information content (AvgIpc) is 2.68. The molecule has 0 radical (unpaired) electrons. The van der Waals surface area contributed by atoms with E-state index in [1.807, 2.05) is 6.07 Å². The molecule has 14 heavy (non-hydrogen) atoms.